The molecule has 3 aliphatic heterocycles. The number of aromatic hydroxyl groups is 2. The van der Waals surface area contributed by atoms with Crippen LogP contribution >= 0.6 is 0 Å². The van der Waals surface area contributed by atoms with Crippen molar-refractivity contribution in [2.24, 2.45) is 0 Å². The predicted octanol–water partition coefficient (Wildman–Crippen LogP) is 3.54. The van der Waals surface area contributed by atoms with Crippen LogP contribution in [0.15, 0.2) is 0 Å². The van der Waals surface area contributed by atoms with Gasteiger partial charge < -0.3 is 29.2 Å². The average Bonchev–Trinajstić information content (AvgIpc) is 2.86. The molecular formula is C28H35N3O6. The lowest BCUT2D eigenvalue weighted by molar-refractivity contribution is -0.0695. The summed E-state index contributed by atoms with van der Waals surface area (Å²) in [6.45, 7) is 5.76. The Bertz CT molecular complexity index is 1320. The lowest BCUT2D eigenvalue weighted by atomic mass is 9.71. The van der Waals surface area contributed by atoms with Crippen LogP contribution in [0.2, 0.25) is 0 Å². The molecule has 9 nitrogen and oxygen atoms in total. The molecule has 0 aromatic heterocycles. The number of hydrogen-bond donors (Lipinski definition) is 2. The second-order valence-corrected chi connectivity index (χ2v) is 10.2. The highest BCUT2D eigenvalue weighted by Crippen LogP contribution is 2.58. The van der Waals surface area contributed by atoms with E-state index >= 15 is 0 Å². The van der Waals surface area contributed by atoms with Gasteiger partial charge in [0.15, 0.2) is 23.0 Å². The molecule has 5 atom stereocenters. The Morgan fingerprint density at radius 2 is 1.24 bits per heavy atom. The first-order valence-corrected chi connectivity index (χ1v) is 12.5. The zero-order valence-corrected chi connectivity index (χ0v) is 22.7. The van der Waals surface area contributed by atoms with E-state index in [1.165, 1.54) is 7.11 Å². The second-order valence-electron chi connectivity index (χ2n) is 10.2. The third-order valence-electron chi connectivity index (χ3n) is 8.83. The summed E-state index contributed by atoms with van der Waals surface area (Å²) in [5, 5.41) is 33.3. The van der Waals surface area contributed by atoms with Crippen molar-refractivity contribution in [3.63, 3.8) is 0 Å². The number of hydrogen-bond acceptors (Lipinski definition) is 9. The van der Waals surface area contributed by atoms with E-state index < -0.39 is 6.04 Å². The molecule has 3 aliphatic rings. The van der Waals surface area contributed by atoms with Gasteiger partial charge in [0.1, 0.15) is 17.5 Å². The first-order chi connectivity index (χ1) is 17.7. The minimum absolute atomic E-state index is 0.0877. The van der Waals surface area contributed by atoms with Gasteiger partial charge in [0, 0.05) is 51.5 Å². The van der Waals surface area contributed by atoms with E-state index in [0.717, 1.165) is 33.4 Å². The van der Waals surface area contributed by atoms with Crippen LogP contribution in [0.25, 0.3) is 0 Å². The third-order valence-corrected chi connectivity index (χ3v) is 8.83. The van der Waals surface area contributed by atoms with Gasteiger partial charge in [-0.3, -0.25) is 9.80 Å². The molecule has 1 fully saturated rings. The number of nitrogens with zero attached hydrogens (tertiary/aromatic N) is 3. The Balaban J connectivity index is 1.80. The molecule has 2 N–H and O–H groups in total. The number of nitriles is 1. The SMILES string of the molecule is COc1c(C)c(OC)c2c(c1O)[C@H]1[C@@H]3Cc4c(OC)c(C)c(OC)c(O)c4[C@H](C)N3[C@@H](C#N)[C@H](C2)N1C. The van der Waals surface area contributed by atoms with Gasteiger partial charge in [0.25, 0.3) is 0 Å². The van der Waals surface area contributed by atoms with Crippen LogP contribution in [0.4, 0.5) is 0 Å². The van der Waals surface area contributed by atoms with E-state index in [2.05, 4.69) is 15.9 Å². The summed E-state index contributed by atoms with van der Waals surface area (Å²) in [5.41, 5.74) is 4.78. The molecule has 0 aliphatic carbocycles. The first kappa shape index (κ1) is 25.3. The fraction of sp³-hybridized carbons (Fsp3) is 0.536. The molecule has 9 heteroatoms. The van der Waals surface area contributed by atoms with Crippen LogP contribution < -0.4 is 18.9 Å². The number of phenolic OH excluding ortho intramolecular Hbond substituents is 2. The summed E-state index contributed by atoms with van der Waals surface area (Å²) in [6, 6.07) is 1.26. The van der Waals surface area contributed by atoms with Crippen LogP contribution in [0.1, 0.15) is 52.4 Å². The van der Waals surface area contributed by atoms with Crippen molar-refractivity contribution < 1.29 is 29.2 Å². The van der Waals surface area contributed by atoms with E-state index in [1.54, 1.807) is 21.3 Å². The van der Waals surface area contributed by atoms with Crippen LogP contribution in [-0.2, 0) is 12.8 Å². The Hall–Kier alpha value is -3.35. The molecule has 0 amide bonds. The number of methoxy groups -OCH3 is 4. The number of phenols is 2. The monoisotopic (exact) mass is 509 g/mol. The second kappa shape index (κ2) is 8.89. The van der Waals surface area contributed by atoms with Gasteiger partial charge in [-0.15, -0.1) is 0 Å². The van der Waals surface area contributed by atoms with Crippen molar-refractivity contribution in [2.45, 2.75) is 63.8 Å². The number of piperazine rings is 1. The highest BCUT2D eigenvalue weighted by molar-refractivity contribution is 5.67. The van der Waals surface area contributed by atoms with Crippen molar-refractivity contribution in [2.75, 3.05) is 35.5 Å². The van der Waals surface area contributed by atoms with Crippen LogP contribution in [-0.4, -0.2) is 73.6 Å². The maximum atomic E-state index is 11.5. The predicted molar refractivity (Wildman–Crippen MR) is 137 cm³/mol. The number of rotatable bonds is 4. The maximum Gasteiger partial charge on any atom is 0.167 e. The van der Waals surface area contributed by atoms with Crippen molar-refractivity contribution in [3.05, 3.63) is 33.4 Å². The molecule has 1 saturated heterocycles. The molecule has 2 bridgehead atoms. The maximum absolute atomic E-state index is 11.5. The number of likely N-dealkylation sites (N-methyl/N-ethyl adjacent to an activating group) is 1. The summed E-state index contributed by atoms with van der Waals surface area (Å²) in [4.78, 5) is 4.42. The van der Waals surface area contributed by atoms with Gasteiger partial charge in [-0.2, -0.15) is 5.26 Å². The Morgan fingerprint density at radius 3 is 1.73 bits per heavy atom. The van der Waals surface area contributed by atoms with Crippen molar-refractivity contribution in [1.29, 1.82) is 5.26 Å². The molecule has 37 heavy (non-hydrogen) atoms. The molecular weight excluding hydrogens is 474 g/mol. The van der Waals surface area contributed by atoms with Gasteiger partial charge >= 0.3 is 0 Å². The molecule has 0 saturated carbocycles. The van der Waals surface area contributed by atoms with Crippen LogP contribution in [0.3, 0.4) is 0 Å². The lowest BCUT2D eigenvalue weighted by Crippen LogP contribution is -2.67. The van der Waals surface area contributed by atoms with Crippen molar-refractivity contribution >= 4 is 0 Å². The van der Waals surface area contributed by atoms with E-state index in [1.807, 2.05) is 27.8 Å². The van der Waals surface area contributed by atoms with E-state index in [-0.39, 0.29) is 35.7 Å². The topological polar surface area (TPSA) is 108 Å². The zero-order valence-electron chi connectivity index (χ0n) is 22.7. The summed E-state index contributed by atoms with van der Waals surface area (Å²) < 4.78 is 22.9. The van der Waals surface area contributed by atoms with Crippen molar-refractivity contribution in [3.8, 4) is 40.6 Å². The Labute approximate surface area is 217 Å². The highest BCUT2D eigenvalue weighted by atomic mass is 16.5. The third kappa shape index (κ3) is 3.15. The normalized spacial score (nSPS) is 26.4. The van der Waals surface area contributed by atoms with Crippen LogP contribution in [0, 0.1) is 25.2 Å². The molecule has 5 rings (SSSR count). The summed E-state index contributed by atoms with van der Waals surface area (Å²) in [5.74, 6) is 2.35. The van der Waals surface area contributed by atoms with Crippen molar-refractivity contribution in [1.82, 2.24) is 9.80 Å². The molecule has 0 radical (unpaired) electrons. The Kier molecular flexibility index (Phi) is 6.08. The van der Waals surface area contributed by atoms with Gasteiger partial charge in [0.05, 0.1) is 40.6 Å². The Morgan fingerprint density at radius 1 is 0.784 bits per heavy atom. The molecule has 0 spiro atoms. The van der Waals surface area contributed by atoms with Gasteiger partial charge in [-0.05, 0) is 40.7 Å². The number of ether oxygens (including phenoxy) is 4. The average molecular weight is 510 g/mol. The molecule has 3 heterocycles. The summed E-state index contributed by atoms with van der Waals surface area (Å²) in [7, 11) is 8.35. The molecule has 198 valence electrons. The minimum Gasteiger partial charge on any atom is -0.504 e. The van der Waals surface area contributed by atoms with E-state index in [9.17, 15) is 15.5 Å². The number of fused-ring (bicyclic) bond motifs is 7. The number of benzene rings is 2. The van der Waals surface area contributed by atoms with Crippen LogP contribution in [0.5, 0.6) is 34.5 Å². The highest BCUT2D eigenvalue weighted by Gasteiger charge is 2.56. The fourth-order valence-corrected chi connectivity index (χ4v) is 7.40. The van der Waals surface area contributed by atoms with E-state index in [4.69, 9.17) is 18.9 Å². The molecule has 2 aromatic rings. The minimum atomic E-state index is -0.450. The van der Waals surface area contributed by atoms with Gasteiger partial charge in [-0.1, -0.05) is 0 Å². The standard InChI is InChI=1S/C28H35N3O6/c1-12-25(34-5)15-10-18-22-21-16(26(35-6)13(2)28(37-8)24(21)33)9-17(30(22)4)19(11-29)31(18)14(3)20(15)23(32)27(12)36-7/h14,17-19,22,32-33H,9-10H2,1-8H3/t14-,17-,18-,19-,22+/m0/s1. The smallest absolute Gasteiger partial charge is 0.167 e. The fourth-order valence-electron chi connectivity index (χ4n) is 7.40. The lowest BCUT2D eigenvalue weighted by Gasteiger charge is -2.59. The summed E-state index contributed by atoms with van der Waals surface area (Å²) in [6.07, 6.45) is 1.05. The zero-order chi connectivity index (χ0) is 26.9. The first-order valence-electron chi connectivity index (χ1n) is 12.5. The van der Waals surface area contributed by atoms with E-state index in [0.29, 0.717) is 35.8 Å². The summed E-state index contributed by atoms with van der Waals surface area (Å²) >= 11 is 0. The quantitative estimate of drug-likeness (QED) is 0.640. The molecule has 2 aromatic carbocycles. The van der Waals surface area contributed by atoms with Gasteiger partial charge in [0.2, 0.25) is 0 Å². The van der Waals surface area contributed by atoms with Gasteiger partial charge in [-0.25, -0.2) is 0 Å². The molecule has 0 unspecified atom stereocenters. The largest absolute Gasteiger partial charge is 0.504 e.